The van der Waals surface area contributed by atoms with Crippen LogP contribution < -0.4 is 11.1 Å². The van der Waals surface area contributed by atoms with Crippen LogP contribution >= 0.6 is 0 Å². The number of nitrogen functional groups attached to an aromatic ring is 1. The van der Waals surface area contributed by atoms with Gasteiger partial charge in [0.2, 0.25) is 0 Å². The van der Waals surface area contributed by atoms with Crippen LogP contribution in [0.4, 0.5) is 11.5 Å². The van der Waals surface area contributed by atoms with Crippen LogP contribution in [0, 0.1) is 20.8 Å². The van der Waals surface area contributed by atoms with E-state index in [1.54, 1.807) is 6.21 Å². The maximum absolute atomic E-state index is 13.4. The summed E-state index contributed by atoms with van der Waals surface area (Å²) in [5.41, 5.74) is 13.8. The monoisotopic (exact) mass is 448 g/mol. The normalized spacial score (nSPS) is 11.5. The number of rotatable bonds is 4. The second kappa shape index (κ2) is 8.44. The van der Waals surface area contributed by atoms with Gasteiger partial charge in [-0.15, -0.1) is 0 Å². The van der Waals surface area contributed by atoms with Gasteiger partial charge in [0.05, 0.1) is 17.2 Å². The number of carbonyl (C=O) groups excluding carboxylic acids is 1. The maximum Gasteiger partial charge on any atom is 0.261 e. The summed E-state index contributed by atoms with van der Waals surface area (Å²) in [6.07, 6.45) is 1.70. The van der Waals surface area contributed by atoms with Crippen molar-refractivity contribution >= 4 is 45.8 Å². The number of para-hydroxylation sites is 2. The number of anilines is 2. The van der Waals surface area contributed by atoms with Gasteiger partial charge in [0.25, 0.3) is 5.91 Å². The summed E-state index contributed by atoms with van der Waals surface area (Å²) in [6, 6.07) is 21.3. The first kappa shape index (κ1) is 21.3. The van der Waals surface area contributed by atoms with Crippen molar-refractivity contribution in [2.75, 3.05) is 11.1 Å². The second-order valence-electron chi connectivity index (χ2n) is 8.45. The number of nitrogens with zero attached hydrogens (tertiary/aromatic N) is 4. The third kappa shape index (κ3) is 3.99. The highest BCUT2D eigenvalue weighted by Crippen LogP contribution is 2.29. The fourth-order valence-electron chi connectivity index (χ4n) is 4.10. The summed E-state index contributed by atoms with van der Waals surface area (Å²) in [4.78, 5) is 22.9. The molecule has 7 heteroatoms. The molecule has 168 valence electrons. The van der Waals surface area contributed by atoms with Crippen LogP contribution in [-0.4, -0.2) is 26.8 Å². The Morgan fingerprint density at radius 2 is 1.62 bits per heavy atom. The summed E-state index contributed by atoms with van der Waals surface area (Å²) in [6.45, 7) is 5.99. The van der Waals surface area contributed by atoms with Crippen LogP contribution in [0.15, 0.2) is 71.8 Å². The predicted octanol–water partition coefficient (Wildman–Crippen LogP) is 5.23. The van der Waals surface area contributed by atoms with Crippen molar-refractivity contribution in [1.82, 2.24) is 14.6 Å². The molecule has 0 unspecified atom stereocenters. The third-order valence-electron chi connectivity index (χ3n) is 5.54. The van der Waals surface area contributed by atoms with Crippen molar-refractivity contribution in [1.29, 1.82) is 0 Å². The van der Waals surface area contributed by atoms with Crippen molar-refractivity contribution in [3.63, 3.8) is 0 Å². The molecule has 3 aromatic carbocycles. The van der Waals surface area contributed by atoms with Gasteiger partial charge in [-0.25, -0.2) is 9.97 Å². The summed E-state index contributed by atoms with van der Waals surface area (Å²) in [5.74, 6) is -0.183. The van der Waals surface area contributed by atoms with Gasteiger partial charge in [-0.2, -0.15) is 9.78 Å². The lowest BCUT2D eigenvalue weighted by atomic mass is 10.1. The van der Waals surface area contributed by atoms with Crippen LogP contribution in [0.25, 0.3) is 22.2 Å². The minimum atomic E-state index is -0.360. The smallest absolute Gasteiger partial charge is 0.261 e. The number of amides is 1. The maximum atomic E-state index is 13.4. The van der Waals surface area contributed by atoms with E-state index in [4.69, 9.17) is 15.7 Å². The molecule has 5 rings (SSSR count). The molecule has 0 saturated heterocycles. The topological polar surface area (TPSA) is 98.2 Å². The molecule has 1 amide bonds. The molecule has 2 aromatic heterocycles. The van der Waals surface area contributed by atoms with Crippen LogP contribution in [0.2, 0.25) is 0 Å². The lowest BCUT2D eigenvalue weighted by molar-refractivity contribution is 0.102. The Bertz CT molecular complexity index is 1580. The highest BCUT2D eigenvalue weighted by molar-refractivity contribution is 6.16. The first-order valence-corrected chi connectivity index (χ1v) is 11.0. The minimum Gasteiger partial charge on any atom is -0.383 e. The van der Waals surface area contributed by atoms with E-state index in [2.05, 4.69) is 10.4 Å². The zero-order valence-corrected chi connectivity index (χ0v) is 19.2. The molecule has 5 aromatic rings. The minimum absolute atomic E-state index is 0.177. The van der Waals surface area contributed by atoms with E-state index in [1.165, 1.54) is 4.68 Å². The zero-order chi connectivity index (χ0) is 23.8. The number of aryl methyl sites for hydroxylation is 3. The molecule has 0 atom stereocenters. The molecule has 34 heavy (non-hydrogen) atoms. The van der Waals surface area contributed by atoms with Gasteiger partial charge < -0.3 is 11.1 Å². The predicted molar refractivity (Wildman–Crippen MR) is 137 cm³/mol. The van der Waals surface area contributed by atoms with Crippen LogP contribution in [0.3, 0.4) is 0 Å². The van der Waals surface area contributed by atoms with Crippen molar-refractivity contribution in [2.45, 2.75) is 20.8 Å². The van der Waals surface area contributed by atoms with Gasteiger partial charge in [0.15, 0.2) is 5.65 Å². The van der Waals surface area contributed by atoms with Gasteiger partial charge >= 0.3 is 0 Å². The number of nitrogens with one attached hydrogen (secondary N) is 1. The lowest BCUT2D eigenvalue weighted by Crippen LogP contribution is -2.14. The molecular weight excluding hydrogens is 424 g/mol. The SMILES string of the molecule is Cc1cccc(C=Nn2c(N)c(C(=O)Nc3cc(C)cc(C)c3)c3nc4ccccc4nc32)c1. The fourth-order valence-corrected chi connectivity index (χ4v) is 4.10. The molecule has 0 saturated carbocycles. The molecule has 0 aliphatic rings. The molecule has 0 bridgehead atoms. The van der Waals surface area contributed by atoms with Gasteiger partial charge in [-0.05, 0) is 61.7 Å². The van der Waals surface area contributed by atoms with E-state index >= 15 is 0 Å². The Morgan fingerprint density at radius 1 is 0.912 bits per heavy atom. The number of benzene rings is 3. The van der Waals surface area contributed by atoms with Gasteiger partial charge in [0.1, 0.15) is 16.9 Å². The highest BCUT2D eigenvalue weighted by Gasteiger charge is 2.24. The molecular formula is C27H24N6O. The second-order valence-corrected chi connectivity index (χ2v) is 8.45. The largest absolute Gasteiger partial charge is 0.383 e. The summed E-state index contributed by atoms with van der Waals surface area (Å²) >= 11 is 0. The van der Waals surface area contributed by atoms with E-state index in [1.807, 2.05) is 87.5 Å². The molecule has 0 aliphatic carbocycles. The number of hydrogen-bond donors (Lipinski definition) is 2. The standard InChI is InChI=1S/C27H24N6O/c1-16-7-6-8-19(12-16)15-29-33-25(28)23(27(34)30-20-13-17(2)11-18(3)14-20)24-26(33)32-22-10-5-4-9-21(22)31-24/h4-15H,28H2,1-3H3,(H,30,34). The van der Waals surface area contributed by atoms with Gasteiger partial charge in [-0.1, -0.05) is 48.0 Å². The molecule has 0 fully saturated rings. The first-order chi connectivity index (χ1) is 16.4. The lowest BCUT2D eigenvalue weighted by Gasteiger charge is -2.08. The number of hydrogen-bond acceptors (Lipinski definition) is 5. The molecule has 0 spiro atoms. The van der Waals surface area contributed by atoms with E-state index in [0.717, 1.165) is 22.3 Å². The molecule has 0 radical (unpaired) electrons. The first-order valence-electron chi connectivity index (χ1n) is 11.0. The van der Waals surface area contributed by atoms with Crippen molar-refractivity contribution in [3.8, 4) is 0 Å². The van der Waals surface area contributed by atoms with E-state index < -0.39 is 0 Å². The summed E-state index contributed by atoms with van der Waals surface area (Å²) in [7, 11) is 0. The van der Waals surface area contributed by atoms with Crippen molar-refractivity contribution in [3.05, 3.63) is 94.5 Å². The Hall–Kier alpha value is -4.52. The Morgan fingerprint density at radius 3 is 2.32 bits per heavy atom. The average Bonchev–Trinajstić information content (AvgIpc) is 3.05. The van der Waals surface area contributed by atoms with Crippen LogP contribution in [-0.2, 0) is 0 Å². The number of aromatic nitrogens is 3. The van der Waals surface area contributed by atoms with Crippen molar-refractivity contribution in [2.24, 2.45) is 5.10 Å². The van der Waals surface area contributed by atoms with Gasteiger partial charge in [0, 0.05) is 5.69 Å². The fraction of sp³-hybridized carbons (Fsp3) is 0.111. The molecule has 2 heterocycles. The van der Waals surface area contributed by atoms with Crippen LogP contribution in [0.1, 0.15) is 32.6 Å². The van der Waals surface area contributed by atoms with Gasteiger partial charge in [-0.3, -0.25) is 4.79 Å². The number of fused-ring (bicyclic) bond motifs is 2. The Labute approximate surface area is 197 Å². The molecule has 0 aliphatic heterocycles. The van der Waals surface area contributed by atoms with Crippen molar-refractivity contribution < 1.29 is 4.79 Å². The summed E-state index contributed by atoms with van der Waals surface area (Å²) < 4.78 is 1.48. The zero-order valence-electron chi connectivity index (χ0n) is 19.2. The Kier molecular flexibility index (Phi) is 5.30. The number of nitrogens with two attached hydrogens (primary N) is 1. The Balaban J connectivity index is 1.66. The quantitative estimate of drug-likeness (QED) is 0.368. The van der Waals surface area contributed by atoms with E-state index in [9.17, 15) is 4.79 Å². The van der Waals surface area contributed by atoms with Crippen LogP contribution in [0.5, 0.6) is 0 Å². The molecule has 3 N–H and O–H groups in total. The number of carbonyl (C=O) groups is 1. The molecule has 7 nitrogen and oxygen atoms in total. The third-order valence-corrected chi connectivity index (χ3v) is 5.54. The highest BCUT2D eigenvalue weighted by atomic mass is 16.1. The summed E-state index contributed by atoms with van der Waals surface area (Å²) in [5, 5.41) is 7.54. The van der Waals surface area contributed by atoms with E-state index in [0.29, 0.717) is 27.9 Å². The average molecular weight is 449 g/mol. The van der Waals surface area contributed by atoms with E-state index in [-0.39, 0.29) is 17.3 Å².